The fraction of sp³-hybridized carbons (Fsp3) is 0.536. The van der Waals surface area contributed by atoms with Crippen LogP contribution in [0.2, 0.25) is 0 Å². The van der Waals surface area contributed by atoms with Gasteiger partial charge in [-0.2, -0.15) is 0 Å². The topological polar surface area (TPSA) is 41.6 Å². The van der Waals surface area contributed by atoms with Gasteiger partial charge in [0.1, 0.15) is 18.2 Å². The second kappa shape index (κ2) is 10.7. The Kier molecular flexibility index (Phi) is 7.69. The number of carbonyl (C=O) groups is 1. The minimum atomic E-state index is -0.804. The number of piperidine rings is 1. The smallest absolute Gasteiger partial charge is 0.235 e. The Morgan fingerprint density at radius 2 is 1.70 bits per heavy atom. The largest absolute Gasteiger partial charge is 0.492 e. The molecule has 2 aliphatic rings. The van der Waals surface area contributed by atoms with E-state index in [4.69, 9.17) is 4.74 Å². The van der Waals surface area contributed by atoms with Crippen molar-refractivity contribution in [1.82, 2.24) is 4.90 Å². The Morgan fingerprint density at radius 1 is 1.03 bits per heavy atom. The lowest BCUT2D eigenvalue weighted by molar-refractivity contribution is -0.122. The maximum atomic E-state index is 14.7. The lowest BCUT2D eigenvalue weighted by Crippen LogP contribution is -2.42. The van der Waals surface area contributed by atoms with Crippen molar-refractivity contribution < 1.29 is 13.9 Å². The number of nitrogens with zero attached hydrogens (tertiary/aromatic N) is 1. The molecule has 1 aliphatic heterocycles. The van der Waals surface area contributed by atoms with Gasteiger partial charge in [0.2, 0.25) is 5.91 Å². The zero-order valence-electron chi connectivity index (χ0n) is 20.0. The van der Waals surface area contributed by atoms with E-state index >= 15 is 0 Å². The average molecular weight is 453 g/mol. The molecule has 2 atom stereocenters. The quantitative estimate of drug-likeness (QED) is 0.558. The molecular formula is C28H37FN2O2. The van der Waals surface area contributed by atoms with Crippen LogP contribution >= 0.6 is 0 Å². The molecule has 0 spiro atoms. The van der Waals surface area contributed by atoms with Crippen molar-refractivity contribution in [2.75, 3.05) is 31.6 Å². The van der Waals surface area contributed by atoms with E-state index in [-0.39, 0.29) is 11.7 Å². The highest BCUT2D eigenvalue weighted by atomic mass is 19.1. The van der Waals surface area contributed by atoms with Crippen LogP contribution in [-0.4, -0.2) is 37.0 Å². The summed E-state index contributed by atoms with van der Waals surface area (Å²) >= 11 is 0. The Hall–Kier alpha value is -2.40. The van der Waals surface area contributed by atoms with E-state index in [9.17, 15) is 9.18 Å². The summed E-state index contributed by atoms with van der Waals surface area (Å²) in [4.78, 5) is 15.9. The first kappa shape index (κ1) is 23.7. The highest BCUT2D eigenvalue weighted by Gasteiger charge is 2.42. The Bertz CT molecular complexity index is 914. The maximum Gasteiger partial charge on any atom is 0.235 e. The number of ether oxygens (including phenoxy) is 1. The summed E-state index contributed by atoms with van der Waals surface area (Å²) in [7, 11) is 0. The summed E-state index contributed by atoms with van der Waals surface area (Å²) in [5.74, 6) is 1.87. The van der Waals surface area contributed by atoms with E-state index in [0.29, 0.717) is 30.7 Å². The van der Waals surface area contributed by atoms with Crippen molar-refractivity contribution in [3.8, 4) is 5.75 Å². The normalized spacial score (nSPS) is 23.1. The number of nitrogens with one attached hydrogen (secondary N) is 1. The van der Waals surface area contributed by atoms with Gasteiger partial charge in [0.15, 0.2) is 0 Å². The van der Waals surface area contributed by atoms with Crippen LogP contribution in [0.4, 0.5) is 10.1 Å². The SMILES string of the molecule is C[C@H]1C[C@H](C)CN(CCOc2ccc(NC(=O)C3(c4ccccc4F)CCCCC3)cc2)C1. The van der Waals surface area contributed by atoms with Crippen molar-refractivity contribution in [3.63, 3.8) is 0 Å². The molecule has 2 aromatic rings. The first-order valence-electron chi connectivity index (χ1n) is 12.5. The maximum absolute atomic E-state index is 14.7. The number of benzene rings is 2. The summed E-state index contributed by atoms with van der Waals surface area (Å²) in [5, 5.41) is 3.05. The van der Waals surface area contributed by atoms with Gasteiger partial charge in [-0.25, -0.2) is 4.39 Å². The molecule has 1 heterocycles. The van der Waals surface area contributed by atoms with Gasteiger partial charge in [-0.15, -0.1) is 0 Å². The molecular weight excluding hydrogens is 415 g/mol. The number of hydrogen-bond acceptors (Lipinski definition) is 3. The predicted molar refractivity (Wildman–Crippen MR) is 131 cm³/mol. The Morgan fingerprint density at radius 3 is 2.36 bits per heavy atom. The Labute approximate surface area is 197 Å². The first-order chi connectivity index (χ1) is 16.0. The second-order valence-electron chi connectivity index (χ2n) is 10.2. The molecule has 33 heavy (non-hydrogen) atoms. The highest BCUT2D eigenvalue weighted by molar-refractivity contribution is 5.99. The minimum Gasteiger partial charge on any atom is -0.492 e. The standard InChI is InChI=1S/C28H37FN2O2/c1-21-18-22(2)20-31(19-21)16-17-33-24-12-10-23(11-13-24)30-27(32)28(14-6-3-7-15-28)25-8-4-5-9-26(25)29/h4-5,8-13,21-22H,3,6-7,14-20H2,1-2H3,(H,30,32)/t21-,22-/m0/s1. The number of rotatable bonds is 7. The van der Waals surface area contributed by atoms with E-state index in [0.717, 1.165) is 56.5 Å². The third-order valence-electron chi connectivity index (χ3n) is 7.26. The van der Waals surface area contributed by atoms with E-state index in [1.165, 1.54) is 12.5 Å². The van der Waals surface area contributed by atoms with E-state index in [1.54, 1.807) is 12.1 Å². The minimum absolute atomic E-state index is 0.116. The van der Waals surface area contributed by atoms with Crippen LogP contribution in [0.3, 0.4) is 0 Å². The van der Waals surface area contributed by atoms with Gasteiger partial charge < -0.3 is 10.1 Å². The predicted octanol–water partition coefficient (Wildman–Crippen LogP) is 6.02. The Balaban J connectivity index is 1.36. The summed E-state index contributed by atoms with van der Waals surface area (Å²) in [6.45, 7) is 8.51. The fourth-order valence-corrected chi connectivity index (χ4v) is 5.78. The number of hydrogen-bond donors (Lipinski definition) is 1. The fourth-order valence-electron chi connectivity index (χ4n) is 5.78. The number of amides is 1. The summed E-state index contributed by atoms with van der Waals surface area (Å²) < 4.78 is 20.6. The van der Waals surface area contributed by atoms with Gasteiger partial charge in [-0.3, -0.25) is 9.69 Å². The van der Waals surface area contributed by atoms with Gasteiger partial charge in [0.05, 0.1) is 5.41 Å². The van der Waals surface area contributed by atoms with E-state index < -0.39 is 5.41 Å². The summed E-state index contributed by atoms with van der Waals surface area (Å²) in [6.07, 6.45) is 5.61. The van der Waals surface area contributed by atoms with Crippen LogP contribution in [0.15, 0.2) is 48.5 Å². The average Bonchev–Trinajstić information content (AvgIpc) is 2.80. The number of carbonyl (C=O) groups excluding carboxylic acids is 1. The molecule has 4 nitrogen and oxygen atoms in total. The second-order valence-corrected chi connectivity index (χ2v) is 10.2. The molecule has 2 fully saturated rings. The van der Waals surface area contributed by atoms with Crippen LogP contribution in [0.5, 0.6) is 5.75 Å². The highest BCUT2D eigenvalue weighted by Crippen LogP contribution is 2.41. The molecule has 0 aromatic heterocycles. The molecule has 1 N–H and O–H groups in total. The molecule has 1 saturated carbocycles. The van der Waals surface area contributed by atoms with Crippen LogP contribution < -0.4 is 10.1 Å². The monoisotopic (exact) mass is 452 g/mol. The molecule has 0 bridgehead atoms. The molecule has 5 heteroatoms. The molecule has 0 unspecified atom stereocenters. The number of anilines is 1. The van der Waals surface area contributed by atoms with Crippen LogP contribution in [0.25, 0.3) is 0 Å². The van der Waals surface area contributed by atoms with E-state index in [2.05, 4.69) is 24.1 Å². The van der Waals surface area contributed by atoms with Crippen LogP contribution in [-0.2, 0) is 10.2 Å². The van der Waals surface area contributed by atoms with Crippen LogP contribution in [0.1, 0.15) is 57.9 Å². The molecule has 4 rings (SSSR count). The molecule has 1 amide bonds. The van der Waals surface area contributed by atoms with Gasteiger partial charge in [-0.05, 0) is 61.4 Å². The van der Waals surface area contributed by atoms with Crippen molar-refractivity contribution in [2.24, 2.45) is 11.8 Å². The van der Waals surface area contributed by atoms with Gasteiger partial charge in [0, 0.05) is 30.9 Å². The summed E-state index contributed by atoms with van der Waals surface area (Å²) in [5.41, 5.74) is 0.428. The number of halogens is 1. The van der Waals surface area contributed by atoms with Crippen molar-refractivity contribution >= 4 is 11.6 Å². The molecule has 178 valence electrons. The van der Waals surface area contributed by atoms with Crippen molar-refractivity contribution in [2.45, 2.75) is 57.8 Å². The van der Waals surface area contributed by atoms with Crippen molar-refractivity contribution in [1.29, 1.82) is 0 Å². The summed E-state index contributed by atoms with van der Waals surface area (Å²) in [6, 6.07) is 14.3. The lowest BCUT2D eigenvalue weighted by atomic mass is 9.68. The van der Waals surface area contributed by atoms with E-state index in [1.807, 2.05) is 30.3 Å². The van der Waals surface area contributed by atoms with Gasteiger partial charge >= 0.3 is 0 Å². The molecule has 1 aliphatic carbocycles. The molecule has 1 saturated heterocycles. The zero-order chi connectivity index (χ0) is 23.3. The van der Waals surface area contributed by atoms with Crippen molar-refractivity contribution in [3.05, 3.63) is 59.9 Å². The number of likely N-dealkylation sites (tertiary alicyclic amines) is 1. The molecule has 0 radical (unpaired) electrons. The zero-order valence-corrected chi connectivity index (χ0v) is 20.0. The third kappa shape index (κ3) is 5.75. The first-order valence-corrected chi connectivity index (χ1v) is 12.5. The third-order valence-corrected chi connectivity index (χ3v) is 7.26. The lowest BCUT2D eigenvalue weighted by Gasteiger charge is -2.36. The van der Waals surface area contributed by atoms with Gasteiger partial charge in [-0.1, -0.05) is 51.3 Å². The molecule has 2 aromatic carbocycles. The van der Waals surface area contributed by atoms with Crippen LogP contribution in [0, 0.1) is 17.7 Å². The van der Waals surface area contributed by atoms with Gasteiger partial charge in [0.25, 0.3) is 0 Å².